The summed E-state index contributed by atoms with van der Waals surface area (Å²) in [6, 6.07) is 20.7. The molecule has 3 aromatic rings. The van der Waals surface area contributed by atoms with E-state index in [2.05, 4.69) is 26.1 Å². The van der Waals surface area contributed by atoms with Crippen LogP contribution in [0, 0.1) is 6.92 Å². The highest BCUT2D eigenvalue weighted by molar-refractivity contribution is 7.92. The number of carbonyl (C=O) groups excluding carboxylic acids is 1. The summed E-state index contributed by atoms with van der Waals surface area (Å²) in [6.45, 7) is 8.43. The van der Waals surface area contributed by atoms with Gasteiger partial charge in [-0.15, -0.1) is 0 Å². The van der Waals surface area contributed by atoms with E-state index in [0.29, 0.717) is 16.5 Å². The molecule has 186 valence electrons. The molecule has 0 saturated carbocycles. The number of hydrogen-bond acceptors (Lipinski definition) is 4. The molecule has 0 bridgehead atoms. The fourth-order valence-electron chi connectivity index (χ4n) is 3.43. The zero-order valence-corrected chi connectivity index (χ0v) is 22.0. The van der Waals surface area contributed by atoms with E-state index < -0.39 is 15.9 Å². The number of hydrogen-bond donors (Lipinski definition) is 1. The molecule has 6 nitrogen and oxygen atoms in total. The molecule has 0 spiro atoms. The second kappa shape index (κ2) is 11.1. The van der Waals surface area contributed by atoms with Crippen LogP contribution < -0.4 is 14.4 Å². The fourth-order valence-corrected chi connectivity index (χ4v) is 4.97. The maximum absolute atomic E-state index is 13.4. The van der Waals surface area contributed by atoms with Gasteiger partial charge in [0, 0.05) is 5.02 Å². The summed E-state index contributed by atoms with van der Waals surface area (Å²) in [5, 5.41) is 3.17. The van der Waals surface area contributed by atoms with Crippen LogP contribution in [0.25, 0.3) is 0 Å². The van der Waals surface area contributed by atoms with Crippen molar-refractivity contribution in [1.82, 2.24) is 5.32 Å². The third-order valence-electron chi connectivity index (χ3n) is 5.39. The second-order valence-electron chi connectivity index (χ2n) is 9.28. The molecule has 0 aliphatic carbocycles. The Morgan fingerprint density at radius 3 is 2.26 bits per heavy atom. The summed E-state index contributed by atoms with van der Waals surface area (Å²) >= 11 is 5.92. The lowest BCUT2D eigenvalue weighted by Crippen LogP contribution is -2.42. The highest BCUT2D eigenvalue weighted by Gasteiger charge is 2.27. The number of nitrogens with one attached hydrogen (secondary N) is 1. The molecule has 0 fully saturated rings. The molecule has 3 aromatic carbocycles. The molecule has 0 radical (unpaired) electrons. The number of nitrogens with zero attached hydrogens (tertiary/aromatic N) is 1. The lowest BCUT2D eigenvalue weighted by atomic mass is 9.87. The van der Waals surface area contributed by atoms with E-state index in [9.17, 15) is 13.2 Å². The Labute approximate surface area is 212 Å². The second-order valence-corrected chi connectivity index (χ2v) is 11.6. The Bertz CT molecular complexity index is 1250. The number of sulfonamides is 1. The minimum atomic E-state index is -3.99. The number of halogens is 1. The van der Waals surface area contributed by atoms with Crippen molar-refractivity contribution in [3.8, 4) is 5.75 Å². The molecule has 8 heteroatoms. The lowest BCUT2D eigenvalue weighted by molar-refractivity contribution is -0.119. The number of anilines is 1. The zero-order chi connectivity index (χ0) is 25.6. The topological polar surface area (TPSA) is 75.7 Å². The minimum Gasteiger partial charge on any atom is -0.492 e. The van der Waals surface area contributed by atoms with Gasteiger partial charge in [0.05, 0.1) is 17.1 Å². The molecule has 0 aliphatic rings. The number of aryl methyl sites for hydroxylation is 1. The summed E-state index contributed by atoms with van der Waals surface area (Å²) in [5.74, 6) is 0.273. The summed E-state index contributed by atoms with van der Waals surface area (Å²) in [6.07, 6.45) is 0. The number of rotatable bonds is 9. The third-order valence-corrected chi connectivity index (χ3v) is 7.43. The van der Waals surface area contributed by atoms with Crippen LogP contribution in [0.15, 0.2) is 77.7 Å². The first kappa shape index (κ1) is 26.6. The monoisotopic (exact) mass is 514 g/mol. The van der Waals surface area contributed by atoms with Crippen molar-refractivity contribution < 1.29 is 17.9 Å². The Morgan fingerprint density at radius 2 is 1.66 bits per heavy atom. The van der Waals surface area contributed by atoms with Gasteiger partial charge in [-0.1, -0.05) is 56.6 Å². The van der Waals surface area contributed by atoms with Gasteiger partial charge in [0.1, 0.15) is 18.9 Å². The zero-order valence-electron chi connectivity index (χ0n) is 20.4. The van der Waals surface area contributed by atoms with Crippen LogP contribution in [-0.4, -0.2) is 34.0 Å². The van der Waals surface area contributed by atoms with Gasteiger partial charge in [0.15, 0.2) is 0 Å². The molecule has 0 aliphatic heterocycles. The summed E-state index contributed by atoms with van der Waals surface area (Å²) in [7, 11) is -3.99. The molecular weight excluding hydrogens is 484 g/mol. The van der Waals surface area contributed by atoms with Crippen molar-refractivity contribution in [3.63, 3.8) is 0 Å². The van der Waals surface area contributed by atoms with Crippen LogP contribution in [0.1, 0.15) is 31.9 Å². The standard InChI is InChI=1S/C27H31ClN2O4S/c1-20-6-5-7-23(18-20)30(35(32,33)25-14-10-22(28)11-15-25)19-26(31)29-16-17-34-24-12-8-21(9-13-24)27(2,3)4/h5-15,18H,16-17,19H2,1-4H3,(H,29,31). The first-order valence-electron chi connectivity index (χ1n) is 11.3. The number of ether oxygens (including phenoxy) is 1. The molecular formula is C27H31ClN2O4S. The van der Waals surface area contributed by atoms with Gasteiger partial charge in [-0.05, 0) is 72.0 Å². The summed E-state index contributed by atoms with van der Waals surface area (Å²) in [4.78, 5) is 12.8. The normalized spacial score (nSPS) is 11.7. The van der Waals surface area contributed by atoms with Crippen LogP contribution in [0.4, 0.5) is 5.69 Å². The van der Waals surface area contributed by atoms with Crippen molar-refractivity contribution >= 4 is 33.2 Å². The smallest absolute Gasteiger partial charge is 0.264 e. The Balaban J connectivity index is 1.65. The molecule has 0 heterocycles. The Hall–Kier alpha value is -3.03. The summed E-state index contributed by atoms with van der Waals surface area (Å²) in [5.41, 5.74) is 2.55. The van der Waals surface area contributed by atoms with Gasteiger partial charge in [-0.25, -0.2) is 8.42 Å². The Morgan fingerprint density at radius 1 is 1.00 bits per heavy atom. The molecule has 3 rings (SSSR count). The van der Waals surface area contributed by atoms with Crippen molar-refractivity contribution in [3.05, 3.63) is 88.9 Å². The third kappa shape index (κ3) is 7.23. The van der Waals surface area contributed by atoms with Crippen LogP contribution in [-0.2, 0) is 20.2 Å². The van der Waals surface area contributed by atoms with Crippen molar-refractivity contribution in [1.29, 1.82) is 0 Å². The van der Waals surface area contributed by atoms with Crippen LogP contribution in [0.5, 0.6) is 5.75 Å². The first-order valence-corrected chi connectivity index (χ1v) is 13.1. The van der Waals surface area contributed by atoms with E-state index >= 15 is 0 Å². The van der Waals surface area contributed by atoms with E-state index in [-0.39, 0.29) is 30.0 Å². The highest BCUT2D eigenvalue weighted by Crippen LogP contribution is 2.26. The maximum Gasteiger partial charge on any atom is 0.264 e. The van der Waals surface area contributed by atoms with Gasteiger partial charge < -0.3 is 10.1 Å². The summed E-state index contributed by atoms with van der Waals surface area (Å²) < 4.78 is 33.6. The highest BCUT2D eigenvalue weighted by atomic mass is 35.5. The van der Waals surface area contributed by atoms with E-state index in [4.69, 9.17) is 16.3 Å². The number of carbonyl (C=O) groups is 1. The van der Waals surface area contributed by atoms with Gasteiger partial charge in [0.25, 0.3) is 10.0 Å². The van der Waals surface area contributed by atoms with Crippen LogP contribution in [0.3, 0.4) is 0 Å². The average molecular weight is 515 g/mol. The van der Waals surface area contributed by atoms with Crippen LogP contribution in [0.2, 0.25) is 5.02 Å². The predicted octanol–water partition coefficient (Wildman–Crippen LogP) is 5.34. The maximum atomic E-state index is 13.4. The molecule has 1 amide bonds. The van der Waals surface area contributed by atoms with Crippen LogP contribution >= 0.6 is 11.6 Å². The van der Waals surface area contributed by atoms with Gasteiger partial charge in [0.2, 0.25) is 5.91 Å². The predicted molar refractivity (Wildman–Crippen MR) is 141 cm³/mol. The molecule has 1 N–H and O–H groups in total. The van der Waals surface area contributed by atoms with E-state index in [1.54, 1.807) is 18.2 Å². The molecule has 35 heavy (non-hydrogen) atoms. The molecule has 0 unspecified atom stereocenters. The van der Waals surface area contributed by atoms with Crippen molar-refractivity contribution in [2.24, 2.45) is 0 Å². The minimum absolute atomic E-state index is 0.0539. The largest absolute Gasteiger partial charge is 0.492 e. The number of amides is 1. The first-order chi connectivity index (χ1) is 16.5. The van der Waals surface area contributed by atoms with Gasteiger partial charge in [-0.3, -0.25) is 9.10 Å². The van der Waals surface area contributed by atoms with Gasteiger partial charge in [-0.2, -0.15) is 0 Å². The number of benzene rings is 3. The molecule has 0 aromatic heterocycles. The van der Waals surface area contributed by atoms with E-state index in [1.807, 2.05) is 37.3 Å². The van der Waals surface area contributed by atoms with E-state index in [1.165, 1.54) is 29.8 Å². The molecule has 0 saturated heterocycles. The van der Waals surface area contributed by atoms with Crippen molar-refractivity contribution in [2.75, 3.05) is 24.0 Å². The fraction of sp³-hybridized carbons (Fsp3) is 0.296. The SMILES string of the molecule is Cc1cccc(N(CC(=O)NCCOc2ccc(C(C)(C)C)cc2)S(=O)(=O)c2ccc(Cl)cc2)c1. The van der Waals surface area contributed by atoms with Gasteiger partial charge >= 0.3 is 0 Å². The average Bonchev–Trinajstić information content (AvgIpc) is 2.80. The molecule has 0 atom stereocenters. The van der Waals surface area contributed by atoms with E-state index in [0.717, 1.165) is 9.87 Å². The Kier molecular flexibility index (Phi) is 8.46. The van der Waals surface area contributed by atoms with Crippen molar-refractivity contribution in [2.45, 2.75) is 38.0 Å². The lowest BCUT2D eigenvalue weighted by Gasteiger charge is -2.24. The quantitative estimate of drug-likeness (QED) is 0.391.